The molecule has 1 fully saturated rings. The number of nitrogens with zero attached hydrogens (tertiary/aromatic N) is 2. The topological polar surface area (TPSA) is 53.1 Å². The van der Waals surface area contributed by atoms with E-state index >= 15 is 0 Å². The smallest absolute Gasteiger partial charge is 0.231 e. The Bertz CT molecular complexity index is 358. The third-order valence-electron chi connectivity index (χ3n) is 2.41. The van der Waals surface area contributed by atoms with Crippen LogP contribution in [0.25, 0.3) is 0 Å². The van der Waals surface area contributed by atoms with E-state index in [1.807, 2.05) is 14.0 Å². The average molecular weight is 230 g/mol. The van der Waals surface area contributed by atoms with E-state index in [1.165, 1.54) is 12.8 Å². The second kappa shape index (κ2) is 4.02. The highest BCUT2D eigenvalue weighted by Gasteiger charge is 2.31. The minimum Gasteiger partial charge on any atom is -0.475 e. The molecule has 0 amide bonds. The number of ether oxygens (including phenoxy) is 1. The van der Waals surface area contributed by atoms with Gasteiger partial charge in [0.2, 0.25) is 5.88 Å². The highest BCUT2D eigenvalue weighted by atomic mass is 35.5. The predicted molar refractivity (Wildman–Crippen MR) is 59.3 cm³/mol. The van der Waals surface area contributed by atoms with Crippen LogP contribution < -0.4 is 10.5 Å². The van der Waals surface area contributed by atoms with E-state index in [9.17, 15) is 0 Å². The largest absolute Gasteiger partial charge is 0.475 e. The van der Waals surface area contributed by atoms with E-state index < -0.39 is 0 Å². The molecule has 15 heavy (non-hydrogen) atoms. The summed E-state index contributed by atoms with van der Waals surface area (Å²) >= 11 is 6.20. The molecule has 1 aromatic rings. The molecule has 1 aromatic heterocycles. The minimum absolute atomic E-state index is 0.000316. The number of rotatable bonds is 4. The van der Waals surface area contributed by atoms with Crippen LogP contribution in [-0.2, 0) is 7.05 Å². The zero-order valence-electron chi connectivity index (χ0n) is 9.03. The maximum Gasteiger partial charge on any atom is 0.231 e. The van der Waals surface area contributed by atoms with Gasteiger partial charge in [0.1, 0.15) is 11.6 Å². The normalized spacial score (nSPS) is 17.9. The first-order valence-electron chi connectivity index (χ1n) is 5.20. The lowest BCUT2D eigenvalue weighted by Crippen LogP contribution is -2.24. The molecular formula is C10H16ClN3O. The molecule has 0 radical (unpaired) electrons. The van der Waals surface area contributed by atoms with Crippen molar-refractivity contribution in [2.75, 3.05) is 6.61 Å². The van der Waals surface area contributed by atoms with Gasteiger partial charge in [-0.1, -0.05) is 11.6 Å². The second-order valence-corrected chi connectivity index (χ2v) is 4.57. The quantitative estimate of drug-likeness (QED) is 0.855. The molecule has 0 aromatic carbocycles. The summed E-state index contributed by atoms with van der Waals surface area (Å²) in [7, 11) is 1.84. The summed E-state index contributed by atoms with van der Waals surface area (Å²) < 4.78 is 7.22. The average Bonchev–Trinajstić information content (AvgIpc) is 2.93. The fraction of sp³-hybridized carbons (Fsp3) is 0.700. The monoisotopic (exact) mass is 229 g/mol. The van der Waals surface area contributed by atoms with Gasteiger partial charge >= 0.3 is 0 Å². The summed E-state index contributed by atoms with van der Waals surface area (Å²) in [5.41, 5.74) is 6.59. The lowest BCUT2D eigenvalue weighted by Gasteiger charge is -2.08. The number of aromatic nitrogens is 2. The van der Waals surface area contributed by atoms with Crippen molar-refractivity contribution in [3.05, 3.63) is 10.7 Å². The van der Waals surface area contributed by atoms with Gasteiger partial charge in [-0.25, -0.2) is 4.68 Å². The van der Waals surface area contributed by atoms with Gasteiger partial charge in [-0.3, -0.25) is 0 Å². The predicted octanol–water partition coefficient (Wildman–Crippen LogP) is 1.68. The van der Waals surface area contributed by atoms with Crippen molar-refractivity contribution in [2.24, 2.45) is 12.8 Å². The van der Waals surface area contributed by atoms with Crippen LogP contribution in [0.3, 0.4) is 0 Å². The Kier molecular flexibility index (Phi) is 2.89. The molecule has 2 rings (SSSR count). The summed E-state index contributed by atoms with van der Waals surface area (Å²) in [6.45, 7) is 2.36. The Morgan fingerprint density at radius 2 is 2.33 bits per heavy atom. The van der Waals surface area contributed by atoms with E-state index in [0.717, 1.165) is 5.69 Å². The van der Waals surface area contributed by atoms with Gasteiger partial charge in [0.15, 0.2) is 0 Å². The van der Waals surface area contributed by atoms with Crippen LogP contribution >= 0.6 is 11.6 Å². The zero-order valence-corrected chi connectivity index (χ0v) is 9.79. The van der Waals surface area contributed by atoms with E-state index in [-0.39, 0.29) is 6.04 Å². The third kappa shape index (κ3) is 2.26. The molecule has 1 saturated carbocycles. The lowest BCUT2D eigenvalue weighted by molar-refractivity contribution is 0.272. The molecule has 1 heterocycles. The Morgan fingerprint density at radius 1 is 1.67 bits per heavy atom. The first kappa shape index (κ1) is 10.8. The van der Waals surface area contributed by atoms with Crippen molar-refractivity contribution in [1.82, 2.24) is 9.78 Å². The molecule has 1 aliphatic rings. The Hall–Kier alpha value is -0.740. The first-order chi connectivity index (χ1) is 7.09. The standard InChI is InChI=1S/C10H16ClN3O/c1-6(12)5-15-10-8(11)9(7-3-4-7)13-14(10)2/h6-7H,3-5,12H2,1-2H3. The van der Waals surface area contributed by atoms with Crippen molar-refractivity contribution >= 4 is 11.6 Å². The van der Waals surface area contributed by atoms with Gasteiger partial charge in [0.25, 0.3) is 0 Å². The van der Waals surface area contributed by atoms with Gasteiger partial charge in [0.05, 0.1) is 5.69 Å². The van der Waals surface area contributed by atoms with E-state index in [4.69, 9.17) is 22.1 Å². The van der Waals surface area contributed by atoms with Crippen LogP contribution in [0.15, 0.2) is 0 Å². The number of nitrogens with two attached hydrogens (primary N) is 1. The number of halogens is 1. The molecule has 0 aliphatic heterocycles. The van der Waals surface area contributed by atoms with Crippen LogP contribution in [0, 0.1) is 0 Å². The Labute approximate surface area is 94.3 Å². The second-order valence-electron chi connectivity index (χ2n) is 4.19. The molecule has 1 atom stereocenters. The van der Waals surface area contributed by atoms with E-state index in [2.05, 4.69) is 5.10 Å². The molecule has 1 unspecified atom stereocenters. The van der Waals surface area contributed by atoms with Gasteiger partial charge in [-0.15, -0.1) is 0 Å². The van der Waals surface area contributed by atoms with Crippen LogP contribution in [0.4, 0.5) is 0 Å². The first-order valence-corrected chi connectivity index (χ1v) is 5.58. The molecule has 0 bridgehead atoms. The summed E-state index contributed by atoms with van der Waals surface area (Å²) in [5.74, 6) is 1.17. The maximum atomic E-state index is 6.20. The fourth-order valence-corrected chi connectivity index (χ4v) is 1.86. The highest BCUT2D eigenvalue weighted by molar-refractivity contribution is 6.32. The van der Waals surface area contributed by atoms with Crippen LogP contribution in [0.2, 0.25) is 5.02 Å². The lowest BCUT2D eigenvalue weighted by atomic mass is 10.3. The van der Waals surface area contributed by atoms with E-state index in [0.29, 0.717) is 23.4 Å². The summed E-state index contributed by atoms with van der Waals surface area (Å²) in [6.07, 6.45) is 2.37. The van der Waals surface area contributed by atoms with Crippen molar-refractivity contribution in [3.63, 3.8) is 0 Å². The van der Waals surface area contributed by atoms with E-state index in [1.54, 1.807) is 4.68 Å². The van der Waals surface area contributed by atoms with Crippen LogP contribution in [0.1, 0.15) is 31.4 Å². The van der Waals surface area contributed by atoms with Crippen molar-refractivity contribution in [1.29, 1.82) is 0 Å². The zero-order chi connectivity index (χ0) is 11.0. The number of hydrogen-bond acceptors (Lipinski definition) is 3. The van der Waals surface area contributed by atoms with Crippen molar-refractivity contribution in [3.8, 4) is 5.88 Å². The molecule has 4 nitrogen and oxygen atoms in total. The molecular weight excluding hydrogens is 214 g/mol. The SMILES string of the molecule is CC(N)COc1c(Cl)c(C2CC2)nn1C. The Morgan fingerprint density at radius 3 is 2.87 bits per heavy atom. The molecule has 84 valence electrons. The summed E-state index contributed by atoms with van der Waals surface area (Å²) in [6, 6.07) is 0.000316. The summed E-state index contributed by atoms with van der Waals surface area (Å²) in [5, 5.41) is 5.02. The van der Waals surface area contributed by atoms with Crippen molar-refractivity contribution < 1.29 is 4.74 Å². The van der Waals surface area contributed by atoms with Gasteiger partial charge < -0.3 is 10.5 Å². The Balaban J connectivity index is 2.15. The van der Waals surface area contributed by atoms with Crippen molar-refractivity contribution in [2.45, 2.75) is 31.7 Å². The fourth-order valence-electron chi connectivity index (χ4n) is 1.49. The van der Waals surface area contributed by atoms with Crippen LogP contribution in [0.5, 0.6) is 5.88 Å². The molecule has 0 spiro atoms. The summed E-state index contributed by atoms with van der Waals surface area (Å²) in [4.78, 5) is 0. The van der Waals surface area contributed by atoms with Gasteiger partial charge in [-0.05, 0) is 19.8 Å². The molecule has 2 N–H and O–H groups in total. The third-order valence-corrected chi connectivity index (χ3v) is 2.77. The van der Waals surface area contributed by atoms with Gasteiger partial charge in [0, 0.05) is 19.0 Å². The highest BCUT2D eigenvalue weighted by Crippen LogP contribution is 2.45. The van der Waals surface area contributed by atoms with Crippen LogP contribution in [-0.4, -0.2) is 22.4 Å². The molecule has 1 aliphatic carbocycles. The van der Waals surface area contributed by atoms with Gasteiger partial charge in [-0.2, -0.15) is 5.10 Å². The minimum atomic E-state index is 0.000316. The maximum absolute atomic E-state index is 6.20. The molecule has 0 saturated heterocycles. The number of hydrogen-bond donors (Lipinski definition) is 1. The number of aryl methyl sites for hydroxylation is 1. The molecule has 5 heteroatoms.